The molecular formula is C22H30ClN9O3. The van der Waals surface area contributed by atoms with Crippen LogP contribution in [-0.4, -0.2) is 61.0 Å². The zero-order chi connectivity index (χ0) is 24.1. The zero-order valence-corrected chi connectivity index (χ0v) is 20.8. The van der Waals surface area contributed by atoms with Crippen molar-refractivity contribution in [3.63, 3.8) is 0 Å². The Morgan fingerprint density at radius 1 is 1.31 bits per heavy atom. The third-order valence-corrected chi connectivity index (χ3v) is 5.87. The van der Waals surface area contributed by atoms with Gasteiger partial charge in [-0.1, -0.05) is 23.8 Å². The van der Waals surface area contributed by atoms with Crippen LogP contribution in [0.2, 0.25) is 0 Å². The van der Waals surface area contributed by atoms with Gasteiger partial charge in [-0.3, -0.25) is 9.69 Å². The first-order chi connectivity index (χ1) is 16.5. The van der Waals surface area contributed by atoms with E-state index in [4.69, 9.17) is 15.1 Å². The SMILES string of the molecule is CCOc1ccccc1/C(C)=N\NC(=O)c1nnn(-c2nonc2N)c1CN1CCCCC1C.Cl. The third-order valence-electron chi connectivity index (χ3n) is 5.87. The smallest absolute Gasteiger partial charge is 0.293 e. The number of rotatable bonds is 8. The van der Waals surface area contributed by atoms with Crippen LogP contribution in [0, 0.1) is 0 Å². The lowest BCUT2D eigenvalue weighted by atomic mass is 10.0. The molecule has 188 valence electrons. The van der Waals surface area contributed by atoms with E-state index in [1.165, 1.54) is 11.1 Å². The maximum Gasteiger partial charge on any atom is 0.293 e. The number of likely N-dealkylation sites (tertiary alicyclic amines) is 1. The molecule has 4 rings (SSSR count). The van der Waals surface area contributed by atoms with Gasteiger partial charge in [-0.15, -0.1) is 17.5 Å². The highest BCUT2D eigenvalue weighted by molar-refractivity contribution is 6.02. The Bertz CT molecular complexity index is 1180. The number of nitrogen functional groups attached to an aromatic ring is 1. The van der Waals surface area contributed by atoms with Gasteiger partial charge in [0.2, 0.25) is 11.6 Å². The van der Waals surface area contributed by atoms with Crippen LogP contribution in [0.5, 0.6) is 5.75 Å². The van der Waals surface area contributed by atoms with Crippen LogP contribution >= 0.6 is 12.4 Å². The second-order valence-corrected chi connectivity index (χ2v) is 8.15. The fraction of sp³-hybridized carbons (Fsp3) is 0.455. The van der Waals surface area contributed by atoms with Crippen molar-refractivity contribution in [1.29, 1.82) is 0 Å². The summed E-state index contributed by atoms with van der Waals surface area (Å²) in [5.41, 5.74) is 10.5. The molecule has 3 heterocycles. The van der Waals surface area contributed by atoms with Gasteiger partial charge >= 0.3 is 0 Å². The molecule has 0 aliphatic carbocycles. The average molecular weight is 504 g/mol. The molecule has 13 heteroatoms. The number of para-hydroxylation sites is 1. The molecule has 3 aromatic rings. The summed E-state index contributed by atoms with van der Waals surface area (Å²) >= 11 is 0. The van der Waals surface area contributed by atoms with E-state index in [2.05, 4.69) is 43.0 Å². The molecule has 1 fully saturated rings. The number of nitrogens with two attached hydrogens (primary N) is 1. The minimum atomic E-state index is -0.492. The molecular weight excluding hydrogens is 474 g/mol. The summed E-state index contributed by atoms with van der Waals surface area (Å²) in [6.45, 7) is 7.76. The second kappa shape index (κ2) is 11.8. The van der Waals surface area contributed by atoms with Crippen molar-refractivity contribution in [3.8, 4) is 11.6 Å². The molecule has 1 unspecified atom stereocenters. The highest BCUT2D eigenvalue weighted by Gasteiger charge is 2.28. The standard InChI is InChI=1S/C22H29N9O3.ClH/c1-4-33-18-11-6-5-10-16(18)15(3)24-26-22(32)19-17(13-30-12-8-7-9-14(30)2)31(29-25-19)21-20(23)27-34-28-21;/h5-6,10-11,14H,4,7-9,12-13H2,1-3H3,(H2,23,27)(H,26,32);1H/b24-15-;. The number of carbonyl (C=O) groups excluding carboxylic acids is 1. The molecule has 3 N–H and O–H groups in total. The van der Waals surface area contributed by atoms with Gasteiger partial charge in [0.1, 0.15) is 5.75 Å². The first-order valence-corrected chi connectivity index (χ1v) is 11.3. The first kappa shape index (κ1) is 26.1. The quantitative estimate of drug-likeness (QED) is 0.349. The molecule has 1 saturated heterocycles. The van der Waals surface area contributed by atoms with Gasteiger partial charge < -0.3 is 10.5 Å². The van der Waals surface area contributed by atoms with E-state index in [-0.39, 0.29) is 29.7 Å². The van der Waals surface area contributed by atoms with Gasteiger partial charge in [-0.25, -0.2) is 10.1 Å². The van der Waals surface area contributed by atoms with Crippen LogP contribution in [0.1, 0.15) is 61.8 Å². The number of halogens is 1. The topological polar surface area (TPSA) is 150 Å². The Kier molecular flexibility index (Phi) is 8.77. The zero-order valence-electron chi connectivity index (χ0n) is 20.0. The van der Waals surface area contributed by atoms with E-state index >= 15 is 0 Å². The predicted octanol–water partition coefficient (Wildman–Crippen LogP) is 2.58. The summed E-state index contributed by atoms with van der Waals surface area (Å²) < 4.78 is 11.8. The number of nitrogens with one attached hydrogen (secondary N) is 1. The van der Waals surface area contributed by atoms with Crippen molar-refractivity contribution in [2.75, 3.05) is 18.9 Å². The molecule has 0 saturated carbocycles. The summed E-state index contributed by atoms with van der Waals surface area (Å²) in [5, 5.41) is 20.0. The summed E-state index contributed by atoms with van der Waals surface area (Å²) in [7, 11) is 0. The van der Waals surface area contributed by atoms with Gasteiger partial charge in [-0.2, -0.15) is 9.78 Å². The summed E-state index contributed by atoms with van der Waals surface area (Å²) in [5.74, 6) is 0.456. The van der Waals surface area contributed by atoms with E-state index in [0.717, 1.165) is 24.9 Å². The minimum absolute atomic E-state index is 0. The van der Waals surface area contributed by atoms with E-state index < -0.39 is 5.91 Å². The van der Waals surface area contributed by atoms with E-state index in [9.17, 15) is 4.79 Å². The van der Waals surface area contributed by atoms with Crippen LogP contribution in [0.4, 0.5) is 5.82 Å². The maximum absolute atomic E-state index is 13.1. The Hall–Kier alpha value is -3.51. The van der Waals surface area contributed by atoms with Crippen molar-refractivity contribution >= 4 is 29.8 Å². The highest BCUT2D eigenvalue weighted by atomic mass is 35.5. The Morgan fingerprint density at radius 2 is 2.11 bits per heavy atom. The second-order valence-electron chi connectivity index (χ2n) is 8.15. The Morgan fingerprint density at radius 3 is 2.83 bits per heavy atom. The number of aromatic nitrogens is 5. The molecule has 1 aliphatic rings. The molecule has 0 spiro atoms. The van der Waals surface area contributed by atoms with Crippen LogP contribution in [-0.2, 0) is 6.54 Å². The first-order valence-electron chi connectivity index (χ1n) is 11.3. The number of hydrogen-bond donors (Lipinski definition) is 2. The lowest BCUT2D eigenvalue weighted by Gasteiger charge is -2.33. The Balaban J connectivity index is 0.00000342. The summed E-state index contributed by atoms with van der Waals surface area (Å²) in [4.78, 5) is 15.4. The van der Waals surface area contributed by atoms with E-state index in [0.29, 0.717) is 36.3 Å². The molecule has 1 aromatic carbocycles. The van der Waals surface area contributed by atoms with Crippen molar-refractivity contribution in [1.82, 2.24) is 35.6 Å². The van der Waals surface area contributed by atoms with Gasteiger partial charge in [0.15, 0.2) is 5.69 Å². The highest BCUT2D eigenvalue weighted by Crippen LogP contribution is 2.23. The summed E-state index contributed by atoms with van der Waals surface area (Å²) in [6.07, 6.45) is 3.35. The van der Waals surface area contributed by atoms with Crippen molar-refractivity contribution < 1.29 is 14.2 Å². The molecule has 0 radical (unpaired) electrons. The molecule has 12 nitrogen and oxygen atoms in total. The molecule has 35 heavy (non-hydrogen) atoms. The number of amides is 1. The number of nitrogens with zero attached hydrogens (tertiary/aromatic N) is 7. The van der Waals surface area contributed by atoms with Crippen LogP contribution in [0.25, 0.3) is 5.82 Å². The number of carbonyl (C=O) groups is 1. The van der Waals surface area contributed by atoms with E-state index in [1.54, 1.807) is 6.92 Å². The van der Waals surface area contributed by atoms with Crippen molar-refractivity contribution in [2.24, 2.45) is 5.10 Å². The van der Waals surface area contributed by atoms with Crippen LogP contribution < -0.4 is 15.9 Å². The lowest BCUT2D eigenvalue weighted by Crippen LogP contribution is -2.38. The number of benzene rings is 1. The van der Waals surface area contributed by atoms with Crippen molar-refractivity contribution in [3.05, 3.63) is 41.2 Å². The number of anilines is 1. The molecule has 0 bridgehead atoms. The predicted molar refractivity (Wildman–Crippen MR) is 132 cm³/mol. The minimum Gasteiger partial charge on any atom is -0.493 e. The Labute approximate surface area is 209 Å². The third kappa shape index (κ3) is 5.77. The van der Waals surface area contributed by atoms with Gasteiger partial charge in [0, 0.05) is 18.2 Å². The van der Waals surface area contributed by atoms with Gasteiger partial charge in [-0.05, 0) is 62.6 Å². The lowest BCUT2D eigenvalue weighted by molar-refractivity contribution is 0.0944. The number of hydrazone groups is 1. The van der Waals surface area contributed by atoms with Crippen LogP contribution in [0.15, 0.2) is 34.0 Å². The van der Waals surface area contributed by atoms with Gasteiger partial charge in [0.25, 0.3) is 5.91 Å². The number of piperidine rings is 1. The maximum atomic E-state index is 13.1. The fourth-order valence-corrected chi connectivity index (χ4v) is 4.01. The fourth-order valence-electron chi connectivity index (χ4n) is 4.01. The van der Waals surface area contributed by atoms with E-state index in [1.807, 2.05) is 31.2 Å². The molecule has 2 aromatic heterocycles. The van der Waals surface area contributed by atoms with Crippen LogP contribution in [0.3, 0.4) is 0 Å². The number of hydrogen-bond acceptors (Lipinski definition) is 10. The molecule has 1 aliphatic heterocycles. The molecule has 1 amide bonds. The van der Waals surface area contributed by atoms with Gasteiger partial charge in [0.05, 0.1) is 18.0 Å². The summed E-state index contributed by atoms with van der Waals surface area (Å²) in [6, 6.07) is 7.88. The monoisotopic (exact) mass is 503 g/mol. The number of ether oxygens (including phenoxy) is 1. The van der Waals surface area contributed by atoms with Crippen molar-refractivity contribution in [2.45, 2.75) is 52.6 Å². The normalized spacial score (nSPS) is 16.5. The largest absolute Gasteiger partial charge is 0.493 e. The molecule has 1 atom stereocenters. The average Bonchev–Trinajstić information content (AvgIpc) is 3.45.